The Morgan fingerprint density at radius 3 is 2.39 bits per heavy atom. The Morgan fingerprint density at radius 2 is 1.78 bits per heavy atom. The minimum atomic E-state index is -0.423. The molecule has 23 heavy (non-hydrogen) atoms. The summed E-state index contributed by atoms with van der Waals surface area (Å²) in [5.74, 6) is -0.155. The molecule has 0 spiro atoms. The smallest absolute Gasteiger partial charge is 0.255 e. The number of hydrogen-bond acceptors (Lipinski definition) is 3. The highest BCUT2D eigenvalue weighted by molar-refractivity contribution is 6.04. The van der Waals surface area contributed by atoms with Crippen LogP contribution in [0.2, 0.25) is 0 Å². The molecule has 0 aromatic heterocycles. The molecule has 2 rings (SSSR count). The van der Waals surface area contributed by atoms with Crippen LogP contribution in [0.4, 0.5) is 10.1 Å². The van der Waals surface area contributed by atoms with Crippen LogP contribution in [0.3, 0.4) is 0 Å². The third-order valence-electron chi connectivity index (χ3n) is 2.86. The van der Waals surface area contributed by atoms with Gasteiger partial charge >= 0.3 is 0 Å². The Hall–Kier alpha value is -2.37. The van der Waals surface area contributed by atoms with Crippen LogP contribution >= 0.6 is 12.4 Å². The molecule has 0 atom stereocenters. The molecule has 122 valence electrons. The van der Waals surface area contributed by atoms with Crippen molar-refractivity contribution in [1.29, 1.82) is 0 Å². The molecule has 0 fully saturated rings. The van der Waals surface area contributed by atoms with E-state index in [1.54, 1.807) is 24.3 Å². The number of carbonyl (C=O) groups is 1. The number of carbonyl (C=O) groups excluding carboxylic acids is 1. The number of amides is 1. The monoisotopic (exact) mass is 336 g/mol. The Balaban J connectivity index is 0.00000264. The van der Waals surface area contributed by atoms with Crippen molar-refractivity contribution in [1.82, 2.24) is 0 Å². The van der Waals surface area contributed by atoms with Crippen LogP contribution in [-0.4, -0.2) is 19.1 Å². The molecule has 2 aromatic carbocycles. The van der Waals surface area contributed by atoms with Gasteiger partial charge in [0, 0.05) is 17.8 Å². The van der Waals surface area contributed by atoms with Crippen LogP contribution in [0.25, 0.3) is 0 Å². The lowest BCUT2D eigenvalue weighted by Gasteiger charge is -2.07. The van der Waals surface area contributed by atoms with Crippen LogP contribution in [0, 0.1) is 0 Å². The van der Waals surface area contributed by atoms with Gasteiger partial charge in [0.2, 0.25) is 0 Å². The highest BCUT2D eigenvalue weighted by Crippen LogP contribution is 2.15. The van der Waals surface area contributed by atoms with Gasteiger partial charge in [-0.3, -0.25) is 4.79 Å². The lowest BCUT2D eigenvalue weighted by molar-refractivity contribution is 0.102. The van der Waals surface area contributed by atoms with Gasteiger partial charge in [-0.1, -0.05) is 18.2 Å². The molecule has 0 heterocycles. The fraction of sp³-hybridized carbons (Fsp3) is 0.118. The summed E-state index contributed by atoms with van der Waals surface area (Å²) in [4.78, 5) is 12.0. The van der Waals surface area contributed by atoms with Crippen LogP contribution in [0.1, 0.15) is 10.4 Å². The second-order valence-electron chi connectivity index (χ2n) is 4.52. The van der Waals surface area contributed by atoms with Crippen LogP contribution in [-0.2, 0) is 0 Å². The number of benzene rings is 2. The second kappa shape index (κ2) is 9.61. The Bertz CT molecular complexity index is 645. The molecule has 4 nitrogen and oxygen atoms in total. The molecule has 1 amide bonds. The van der Waals surface area contributed by atoms with Crippen molar-refractivity contribution in [3.8, 4) is 5.75 Å². The van der Waals surface area contributed by atoms with Crippen molar-refractivity contribution in [2.24, 2.45) is 5.73 Å². The Labute approximate surface area is 140 Å². The number of rotatable bonds is 6. The van der Waals surface area contributed by atoms with Gasteiger partial charge < -0.3 is 15.8 Å². The minimum absolute atomic E-state index is 0. The molecular weight excluding hydrogens is 319 g/mol. The fourth-order valence-corrected chi connectivity index (χ4v) is 1.77. The van der Waals surface area contributed by atoms with Gasteiger partial charge in [-0.2, -0.15) is 0 Å². The average Bonchev–Trinajstić information content (AvgIpc) is 2.54. The van der Waals surface area contributed by atoms with Gasteiger partial charge in [0.15, 0.2) is 0 Å². The third kappa shape index (κ3) is 6.10. The lowest BCUT2D eigenvalue weighted by atomic mass is 10.2. The van der Waals surface area contributed by atoms with Crippen molar-refractivity contribution in [3.05, 3.63) is 72.1 Å². The van der Waals surface area contributed by atoms with E-state index in [0.29, 0.717) is 11.3 Å². The first kappa shape index (κ1) is 18.7. The van der Waals surface area contributed by atoms with Gasteiger partial charge in [-0.25, -0.2) is 4.39 Å². The predicted molar refractivity (Wildman–Crippen MR) is 91.8 cm³/mol. The first-order valence-corrected chi connectivity index (χ1v) is 6.83. The first-order valence-electron chi connectivity index (χ1n) is 6.83. The zero-order valence-corrected chi connectivity index (χ0v) is 13.2. The molecule has 3 N–H and O–H groups in total. The van der Waals surface area contributed by atoms with Gasteiger partial charge in [0.1, 0.15) is 18.2 Å². The lowest BCUT2D eigenvalue weighted by Crippen LogP contribution is -2.11. The summed E-state index contributed by atoms with van der Waals surface area (Å²) in [6.07, 6.45) is 1.25. The number of halogens is 2. The molecule has 0 radical (unpaired) electrons. The quantitative estimate of drug-likeness (QED) is 0.847. The maximum atomic E-state index is 13.1. The highest BCUT2D eigenvalue weighted by Gasteiger charge is 2.06. The van der Waals surface area contributed by atoms with E-state index in [4.69, 9.17) is 10.5 Å². The van der Waals surface area contributed by atoms with E-state index in [1.165, 1.54) is 6.08 Å². The first-order chi connectivity index (χ1) is 10.7. The molecule has 6 heteroatoms. The molecule has 0 aliphatic rings. The number of anilines is 1. The molecule has 0 aliphatic carbocycles. The van der Waals surface area contributed by atoms with Crippen molar-refractivity contribution >= 4 is 24.0 Å². The highest BCUT2D eigenvalue weighted by atomic mass is 35.5. The number of nitrogens with one attached hydrogen (secondary N) is 1. The van der Waals surface area contributed by atoms with Crippen LogP contribution in [0.15, 0.2) is 66.5 Å². The summed E-state index contributed by atoms with van der Waals surface area (Å²) in [5.41, 5.74) is 6.42. The SMILES string of the molecule is Cl.NC/C=C(\F)COc1ccc(C(=O)Nc2ccccc2)cc1. The van der Waals surface area contributed by atoms with Gasteiger partial charge in [-0.15, -0.1) is 12.4 Å². The predicted octanol–water partition coefficient (Wildman–Crippen LogP) is 3.55. The number of ether oxygens (including phenoxy) is 1. The molecular formula is C17H18ClFN2O2. The van der Waals surface area contributed by atoms with E-state index < -0.39 is 5.83 Å². The maximum absolute atomic E-state index is 13.1. The minimum Gasteiger partial charge on any atom is -0.487 e. The molecule has 0 unspecified atom stereocenters. The molecule has 0 saturated heterocycles. The number of para-hydroxylation sites is 1. The largest absolute Gasteiger partial charge is 0.487 e. The summed E-state index contributed by atoms with van der Waals surface area (Å²) in [7, 11) is 0. The summed E-state index contributed by atoms with van der Waals surface area (Å²) in [5, 5.41) is 2.78. The molecule has 0 bridgehead atoms. The van der Waals surface area contributed by atoms with Gasteiger partial charge in [0.25, 0.3) is 5.91 Å². The summed E-state index contributed by atoms with van der Waals surface area (Å²) in [6.45, 7) is -0.0411. The van der Waals surface area contributed by atoms with E-state index >= 15 is 0 Å². The number of hydrogen-bond donors (Lipinski definition) is 2. The van der Waals surface area contributed by atoms with E-state index in [9.17, 15) is 9.18 Å². The van der Waals surface area contributed by atoms with Gasteiger partial charge in [0.05, 0.1) is 0 Å². The summed E-state index contributed by atoms with van der Waals surface area (Å²) < 4.78 is 18.4. The van der Waals surface area contributed by atoms with Crippen LogP contribution in [0.5, 0.6) is 5.75 Å². The zero-order chi connectivity index (χ0) is 15.8. The molecule has 0 aliphatic heterocycles. The van der Waals surface area contributed by atoms with E-state index in [0.717, 1.165) is 5.69 Å². The fourth-order valence-electron chi connectivity index (χ4n) is 1.77. The van der Waals surface area contributed by atoms with Crippen molar-refractivity contribution in [3.63, 3.8) is 0 Å². The third-order valence-corrected chi connectivity index (χ3v) is 2.86. The molecule has 2 aromatic rings. The van der Waals surface area contributed by atoms with E-state index in [-0.39, 0.29) is 31.5 Å². The second-order valence-corrected chi connectivity index (χ2v) is 4.52. The van der Waals surface area contributed by atoms with E-state index in [1.807, 2.05) is 30.3 Å². The van der Waals surface area contributed by atoms with Crippen molar-refractivity contribution in [2.45, 2.75) is 0 Å². The molecule has 0 saturated carbocycles. The summed E-state index contributed by atoms with van der Waals surface area (Å²) >= 11 is 0. The topological polar surface area (TPSA) is 64.3 Å². The Kier molecular flexibility index (Phi) is 7.80. The van der Waals surface area contributed by atoms with Gasteiger partial charge in [-0.05, 0) is 42.5 Å². The summed E-state index contributed by atoms with van der Waals surface area (Å²) in [6, 6.07) is 15.7. The average molecular weight is 337 g/mol. The zero-order valence-electron chi connectivity index (χ0n) is 12.4. The maximum Gasteiger partial charge on any atom is 0.255 e. The normalized spacial score (nSPS) is 10.6. The van der Waals surface area contributed by atoms with Crippen LogP contribution < -0.4 is 15.8 Å². The number of nitrogens with two attached hydrogens (primary N) is 1. The van der Waals surface area contributed by atoms with Crippen molar-refractivity contribution < 1.29 is 13.9 Å². The van der Waals surface area contributed by atoms with E-state index in [2.05, 4.69) is 5.32 Å². The standard InChI is InChI=1S/C17H17FN2O2.ClH/c18-14(10-11-19)12-22-16-8-6-13(7-9-16)17(21)20-15-4-2-1-3-5-15;/h1-10H,11-12,19H2,(H,20,21);1H/b14-10-;. The Morgan fingerprint density at radius 1 is 1.13 bits per heavy atom. The van der Waals surface area contributed by atoms with Crippen molar-refractivity contribution in [2.75, 3.05) is 18.5 Å².